The molecular formula is C17H29N. The molecule has 0 amide bonds. The summed E-state index contributed by atoms with van der Waals surface area (Å²) in [6.45, 7) is 14.6. The average molecular weight is 247 g/mol. The zero-order chi connectivity index (χ0) is 13.8. The number of aryl methyl sites for hydroxylation is 1. The second kappa shape index (κ2) is 6.38. The molecule has 102 valence electrons. The average Bonchev–Trinajstić information content (AvgIpc) is 2.34. The maximum absolute atomic E-state index is 3.59. The van der Waals surface area contributed by atoms with Gasteiger partial charge in [-0.1, -0.05) is 45.0 Å². The van der Waals surface area contributed by atoms with E-state index < -0.39 is 0 Å². The van der Waals surface area contributed by atoms with Gasteiger partial charge in [0.15, 0.2) is 0 Å². The van der Waals surface area contributed by atoms with Crippen molar-refractivity contribution in [2.24, 2.45) is 5.92 Å². The highest BCUT2D eigenvalue weighted by Crippen LogP contribution is 2.24. The van der Waals surface area contributed by atoms with Crippen LogP contribution in [0.3, 0.4) is 0 Å². The van der Waals surface area contributed by atoms with Gasteiger partial charge in [0.2, 0.25) is 0 Å². The summed E-state index contributed by atoms with van der Waals surface area (Å²) in [5, 5.41) is 3.59. The van der Waals surface area contributed by atoms with E-state index in [1.807, 2.05) is 0 Å². The molecule has 0 aliphatic carbocycles. The minimum atomic E-state index is 0.208. The Morgan fingerprint density at radius 3 is 2.06 bits per heavy atom. The molecule has 1 N–H and O–H groups in total. The van der Waals surface area contributed by atoms with E-state index in [2.05, 4.69) is 71.1 Å². The van der Waals surface area contributed by atoms with Crippen LogP contribution in [0.5, 0.6) is 0 Å². The van der Waals surface area contributed by atoms with Gasteiger partial charge in [0, 0.05) is 5.54 Å². The minimum absolute atomic E-state index is 0.208. The molecule has 2 unspecified atom stereocenters. The summed E-state index contributed by atoms with van der Waals surface area (Å²) >= 11 is 0. The Morgan fingerprint density at radius 2 is 1.61 bits per heavy atom. The first-order chi connectivity index (χ1) is 8.33. The number of nitrogens with one attached hydrogen (secondary N) is 1. The third-order valence-electron chi connectivity index (χ3n) is 3.72. The van der Waals surface area contributed by atoms with Gasteiger partial charge in [-0.2, -0.15) is 0 Å². The van der Waals surface area contributed by atoms with E-state index in [0.717, 1.165) is 13.0 Å². The van der Waals surface area contributed by atoms with Gasteiger partial charge in [-0.3, -0.25) is 0 Å². The van der Waals surface area contributed by atoms with Crippen molar-refractivity contribution < 1.29 is 0 Å². The first kappa shape index (κ1) is 15.2. The van der Waals surface area contributed by atoms with Crippen LogP contribution in [0.25, 0.3) is 0 Å². The van der Waals surface area contributed by atoms with Crippen molar-refractivity contribution in [2.45, 2.75) is 59.4 Å². The SMILES string of the molecule is CCc1ccc(C(C)C(C)CNC(C)(C)C)cc1. The quantitative estimate of drug-likeness (QED) is 0.814. The van der Waals surface area contributed by atoms with Gasteiger partial charge in [0.25, 0.3) is 0 Å². The molecule has 0 fully saturated rings. The van der Waals surface area contributed by atoms with Crippen molar-refractivity contribution >= 4 is 0 Å². The second-order valence-electron chi connectivity index (χ2n) is 6.49. The summed E-state index contributed by atoms with van der Waals surface area (Å²) in [5.41, 5.74) is 3.09. The molecule has 2 atom stereocenters. The summed E-state index contributed by atoms with van der Waals surface area (Å²) in [6.07, 6.45) is 1.12. The fraction of sp³-hybridized carbons (Fsp3) is 0.647. The van der Waals surface area contributed by atoms with Gasteiger partial charge in [0.1, 0.15) is 0 Å². The van der Waals surface area contributed by atoms with E-state index in [-0.39, 0.29) is 5.54 Å². The summed E-state index contributed by atoms with van der Waals surface area (Å²) in [7, 11) is 0. The molecule has 1 aromatic rings. The van der Waals surface area contributed by atoms with Crippen LogP contribution in [0.4, 0.5) is 0 Å². The number of benzene rings is 1. The van der Waals surface area contributed by atoms with Gasteiger partial charge >= 0.3 is 0 Å². The Bertz CT molecular complexity index is 345. The lowest BCUT2D eigenvalue weighted by Gasteiger charge is -2.27. The van der Waals surface area contributed by atoms with Gasteiger partial charge < -0.3 is 5.32 Å². The van der Waals surface area contributed by atoms with Crippen LogP contribution >= 0.6 is 0 Å². The normalized spacial score (nSPS) is 15.4. The molecule has 1 nitrogen and oxygen atoms in total. The highest BCUT2D eigenvalue weighted by Gasteiger charge is 2.17. The predicted octanol–water partition coefficient (Wildman–Crippen LogP) is 4.38. The van der Waals surface area contributed by atoms with Crippen molar-refractivity contribution in [3.05, 3.63) is 35.4 Å². The summed E-state index contributed by atoms with van der Waals surface area (Å²) in [6, 6.07) is 9.10. The van der Waals surface area contributed by atoms with E-state index in [1.165, 1.54) is 11.1 Å². The maximum Gasteiger partial charge on any atom is 0.00966 e. The molecule has 1 aromatic carbocycles. The molecule has 0 aromatic heterocycles. The zero-order valence-electron chi connectivity index (χ0n) is 12.9. The number of hydrogen-bond acceptors (Lipinski definition) is 1. The Hall–Kier alpha value is -0.820. The van der Waals surface area contributed by atoms with Crippen molar-refractivity contribution in [3.8, 4) is 0 Å². The number of rotatable bonds is 5. The van der Waals surface area contributed by atoms with Gasteiger partial charge in [0.05, 0.1) is 0 Å². The molecular weight excluding hydrogens is 218 g/mol. The lowest BCUT2D eigenvalue weighted by molar-refractivity contribution is 0.359. The molecule has 0 heterocycles. The Kier molecular flexibility index (Phi) is 5.40. The number of hydrogen-bond donors (Lipinski definition) is 1. The first-order valence-corrected chi connectivity index (χ1v) is 7.17. The van der Waals surface area contributed by atoms with Crippen molar-refractivity contribution in [3.63, 3.8) is 0 Å². The van der Waals surface area contributed by atoms with Gasteiger partial charge in [-0.05, 0) is 56.7 Å². The van der Waals surface area contributed by atoms with E-state index in [0.29, 0.717) is 11.8 Å². The van der Waals surface area contributed by atoms with Crippen LogP contribution < -0.4 is 5.32 Å². The van der Waals surface area contributed by atoms with Gasteiger partial charge in [-0.15, -0.1) is 0 Å². The van der Waals surface area contributed by atoms with Crippen molar-refractivity contribution in [1.82, 2.24) is 5.32 Å². The van der Waals surface area contributed by atoms with Crippen molar-refractivity contribution in [2.75, 3.05) is 6.54 Å². The van der Waals surface area contributed by atoms with Crippen LogP contribution in [-0.2, 0) is 6.42 Å². The lowest BCUT2D eigenvalue weighted by atomic mass is 9.88. The molecule has 0 bridgehead atoms. The minimum Gasteiger partial charge on any atom is -0.312 e. The molecule has 0 aliphatic heterocycles. The third kappa shape index (κ3) is 4.81. The topological polar surface area (TPSA) is 12.0 Å². The van der Waals surface area contributed by atoms with Crippen LogP contribution in [0.15, 0.2) is 24.3 Å². The van der Waals surface area contributed by atoms with Crippen LogP contribution in [0, 0.1) is 5.92 Å². The highest BCUT2D eigenvalue weighted by molar-refractivity contribution is 5.25. The van der Waals surface area contributed by atoms with Gasteiger partial charge in [-0.25, -0.2) is 0 Å². The highest BCUT2D eigenvalue weighted by atomic mass is 14.9. The molecule has 1 rings (SSSR count). The Morgan fingerprint density at radius 1 is 1.06 bits per heavy atom. The van der Waals surface area contributed by atoms with Crippen molar-refractivity contribution in [1.29, 1.82) is 0 Å². The van der Waals surface area contributed by atoms with E-state index in [4.69, 9.17) is 0 Å². The third-order valence-corrected chi connectivity index (χ3v) is 3.72. The maximum atomic E-state index is 3.59. The first-order valence-electron chi connectivity index (χ1n) is 7.17. The standard InChI is InChI=1S/C17H29N/c1-7-15-8-10-16(11-9-15)14(3)13(2)12-18-17(4,5)6/h8-11,13-14,18H,7,12H2,1-6H3. The monoisotopic (exact) mass is 247 g/mol. The Balaban J connectivity index is 2.59. The fourth-order valence-electron chi connectivity index (χ4n) is 2.03. The zero-order valence-corrected chi connectivity index (χ0v) is 12.9. The molecule has 1 heteroatoms. The van der Waals surface area contributed by atoms with E-state index >= 15 is 0 Å². The van der Waals surface area contributed by atoms with E-state index in [1.54, 1.807) is 0 Å². The Labute approximate surface area is 113 Å². The summed E-state index contributed by atoms with van der Waals surface area (Å²) in [4.78, 5) is 0. The predicted molar refractivity (Wildman–Crippen MR) is 81.2 cm³/mol. The largest absolute Gasteiger partial charge is 0.312 e. The lowest BCUT2D eigenvalue weighted by Crippen LogP contribution is -2.39. The molecule has 0 saturated carbocycles. The van der Waals surface area contributed by atoms with E-state index in [9.17, 15) is 0 Å². The van der Waals surface area contributed by atoms with Crippen LogP contribution in [0.2, 0.25) is 0 Å². The summed E-state index contributed by atoms with van der Waals surface area (Å²) < 4.78 is 0. The molecule has 0 aliphatic rings. The second-order valence-corrected chi connectivity index (χ2v) is 6.49. The molecule has 18 heavy (non-hydrogen) atoms. The molecule has 0 spiro atoms. The van der Waals surface area contributed by atoms with Crippen LogP contribution in [0.1, 0.15) is 58.6 Å². The molecule has 0 radical (unpaired) electrons. The fourth-order valence-corrected chi connectivity index (χ4v) is 2.03. The van der Waals surface area contributed by atoms with Crippen LogP contribution in [-0.4, -0.2) is 12.1 Å². The smallest absolute Gasteiger partial charge is 0.00966 e. The summed E-state index contributed by atoms with van der Waals surface area (Å²) in [5.74, 6) is 1.25. The molecule has 0 saturated heterocycles.